The Kier molecular flexibility index (Phi) is 6.07. The number of thioether (sulfide) groups is 1. The van der Waals surface area contributed by atoms with E-state index in [1.54, 1.807) is 24.3 Å². The number of carbonyl (C=O) groups excluding carboxylic acids is 2. The van der Waals surface area contributed by atoms with Crippen molar-refractivity contribution < 1.29 is 18.9 Å². The van der Waals surface area contributed by atoms with Crippen LogP contribution in [-0.4, -0.2) is 22.5 Å². The molecule has 0 atom stereocenters. The number of nitrogens with zero attached hydrogens (tertiary/aromatic N) is 1. The number of halogens is 1. The summed E-state index contributed by atoms with van der Waals surface area (Å²) in [4.78, 5) is 33.5. The number of benzene rings is 2. The number of hydrogen-bond acceptors (Lipinski definition) is 5. The lowest BCUT2D eigenvalue weighted by atomic mass is 10.2. The summed E-state index contributed by atoms with van der Waals surface area (Å²) in [6, 6.07) is 10.1. The van der Waals surface area contributed by atoms with Gasteiger partial charge in [0.05, 0.1) is 10.7 Å². The quantitative estimate of drug-likeness (QED) is 0.465. The van der Waals surface area contributed by atoms with Gasteiger partial charge in [-0.2, -0.15) is 4.39 Å². The Morgan fingerprint density at radius 3 is 2.36 bits per heavy atom. The van der Waals surface area contributed by atoms with E-state index in [9.17, 15) is 24.1 Å². The summed E-state index contributed by atoms with van der Waals surface area (Å²) in [6.45, 7) is 1.41. The van der Waals surface area contributed by atoms with Crippen molar-refractivity contribution in [1.29, 1.82) is 0 Å². The molecule has 0 aromatic heterocycles. The summed E-state index contributed by atoms with van der Waals surface area (Å²) >= 11 is 1.26. The zero-order chi connectivity index (χ0) is 18.4. The van der Waals surface area contributed by atoms with E-state index in [0.717, 1.165) is 17.0 Å². The highest BCUT2D eigenvalue weighted by molar-refractivity contribution is 8.00. The molecule has 0 radical (unpaired) electrons. The van der Waals surface area contributed by atoms with E-state index in [2.05, 4.69) is 10.6 Å². The Bertz CT molecular complexity index is 812. The molecule has 0 saturated heterocycles. The molecule has 0 aliphatic rings. The van der Waals surface area contributed by atoms with Crippen LogP contribution in [0.15, 0.2) is 47.4 Å². The van der Waals surface area contributed by atoms with Gasteiger partial charge < -0.3 is 10.6 Å². The Morgan fingerprint density at radius 2 is 1.76 bits per heavy atom. The van der Waals surface area contributed by atoms with Crippen molar-refractivity contribution in [2.24, 2.45) is 0 Å². The number of nitro benzene ring substituents is 1. The van der Waals surface area contributed by atoms with Gasteiger partial charge in [-0.25, -0.2) is 0 Å². The van der Waals surface area contributed by atoms with Gasteiger partial charge in [0.25, 0.3) is 0 Å². The standard InChI is InChI=1S/C16H14FN3O4S/c1-10(21)18-11-2-5-13(6-3-11)25-9-16(22)19-12-4-7-14(17)15(8-12)20(23)24/h2-8H,9H2,1H3,(H,18,21)(H,19,22). The maximum atomic E-state index is 13.3. The lowest BCUT2D eigenvalue weighted by Crippen LogP contribution is -2.14. The molecule has 0 bridgehead atoms. The van der Waals surface area contributed by atoms with Crippen LogP contribution in [0, 0.1) is 15.9 Å². The highest BCUT2D eigenvalue weighted by Gasteiger charge is 2.15. The average Bonchev–Trinajstić information content (AvgIpc) is 2.55. The van der Waals surface area contributed by atoms with E-state index in [1.807, 2.05) is 0 Å². The Hall–Kier alpha value is -2.94. The lowest BCUT2D eigenvalue weighted by molar-refractivity contribution is -0.387. The van der Waals surface area contributed by atoms with Crippen LogP contribution in [0.3, 0.4) is 0 Å². The summed E-state index contributed by atoms with van der Waals surface area (Å²) < 4.78 is 13.3. The zero-order valence-electron chi connectivity index (χ0n) is 13.1. The van der Waals surface area contributed by atoms with Gasteiger partial charge in [-0.3, -0.25) is 19.7 Å². The number of anilines is 2. The van der Waals surface area contributed by atoms with E-state index in [1.165, 1.54) is 24.8 Å². The van der Waals surface area contributed by atoms with Crippen molar-refractivity contribution >= 4 is 40.6 Å². The summed E-state index contributed by atoms with van der Waals surface area (Å²) in [6.07, 6.45) is 0. The first-order chi connectivity index (χ1) is 11.8. The van der Waals surface area contributed by atoms with Gasteiger partial charge >= 0.3 is 5.69 Å². The van der Waals surface area contributed by atoms with Crippen molar-refractivity contribution in [3.63, 3.8) is 0 Å². The summed E-state index contributed by atoms with van der Waals surface area (Å²) in [5.41, 5.74) is 0.110. The Morgan fingerprint density at radius 1 is 1.12 bits per heavy atom. The van der Waals surface area contributed by atoms with Crippen LogP contribution in [0.2, 0.25) is 0 Å². The third-order valence-electron chi connectivity index (χ3n) is 2.97. The molecule has 0 saturated carbocycles. The number of hydrogen-bond donors (Lipinski definition) is 2. The van der Waals surface area contributed by atoms with Crippen LogP contribution in [0.25, 0.3) is 0 Å². The molecule has 9 heteroatoms. The molecule has 130 valence electrons. The second-order valence-electron chi connectivity index (χ2n) is 4.97. The fourth-order valence-electron chi connectivity index (χ4n) is 1.91. The highest BCUT2D eigenvalue weighted by Crippen LogP contribution is 2.23. The van der Waals surface area contributed by atoms with Gasteiger partial charge in [0, 0.05) is 29.3 Å². The van der Waals surface area contributed by atoms with Crippen LogP contribution in [0.4, 0.5) is 21.5 Å². The fourth-order valence-corrected chi connectivity index (χ4v) is 2.61. The topological polar surface area (TPSA) is 101 Å². The predicted molar refractivity (Wildman–Crippen MR) is 93.2 cm³/mol. The SMILES string of the molecule is CC(=O)Nc1ccc(SCC(=O)Nc2ccc(F)c([N+](=O)[O-])c2)cc1. The van der Waals surface area contributed by atoms with E-state index >= 15 is 0 Å². The molecule has 2 N–H and O–H groups in total. The predicted octanol–water partition coefficient (Wildman–Crippen LogP) is 3.42. The van der Waals surface area contributed by atoms with Gasteiger partial charge in [0.15, 0.2) is 0 Å². The third kappa shape index (κ3) is 5.57. The van der Waals surface area contributed by atoms with Crippen molar-refractivity contribution in [2.75, 3.05) is 16.4 Å². The largest absolute Gasteiger partial charge is 0.326 e. The monoisotopic (exact) mass is 363 g/mol. The van der Waals surface area contributed by atoms with Crippen LogP contribution in [0.5, 0.6) is 0 Å². The van der Waals surface area contributed by atoms with E-state index < -0.39 is 16.4 Å². The smallest absolute Gasteiger partial charge is 0.306 e. The molecular formula is C16H14FN3O4S. The van der Waals surface area contributed by atoms with E-state index in [-0.39, 0.29) is 23.3 Å². The molecule has 2 aromatic rings. The molecule has 0 aliphatic heterocycles. The normalized spacial score (nSPS) is 10.2. The van der Waals surface area contributed by atoms with Crippen LogP contribution in [-0.2, 0) is 9.59 Å². The van der Waals surface area contributed by atoms with Crippen LogP contribution in [0.1, 0.15) is 6.92 Å². The maximum Gasteiger partial charge on any atom is 0.306 e. The summed E-state index contributed by atoms with van der Waals surface area (Å²) in [7, 11) is 0. The molecular weight excluding hydrogens is 349 g/mol. The van der Waals surface area contributed by atoms with E-state index in [4.69, 9.17) is 0 Å². The minimum absolute atomic E-state index is 0.0741. The molecule has 2 rings (SSSR count). The fraction of sp³-hybridized carbons (Fsp3) is 0.125. The summed E-state index contributed by atoms with van der Waals surface area (Å²) in [5, 5.41) is 15.8. The second-order valence-corrected chi connectivity index (χ2v) is 6.01. The zero-order valence-corrected chi connectivity index (χ0v) is 13.9. The van der Waals surface area contributed by atoms with Crippen LogP contribution < -0.4 is 10.6 Å². The Labute approximate surface area is 146 Å². The molecule has 25 heavy (non-hydrogen) atoms. The van der Waals surface area contributed by atoms with Crippen molar-refractivity contribution in [2.45, 2.75) is 11.8 Å². The van der Waals surface area contributed by atoms with Crippen LogP contribution >= 0.6 is 11.8 Å². The third-order valence-corrected chi connectivity index (χ3v) is 3.98. The van der Waals surface area contributed by atoms with Gasteiger partial charge in [-0.05, 0) is 36.4 Å². The second kappa shape index (κ2) is 8.25. The maximum absolute atomic E-state index is 13.3. The van der Waals surface area contributed by atoms with Gasteiger partial charge in [0.1, 0.15) is 0 Å². The first kappa shape index (κ1) is 18.4. The van der Waals surface area contributed by atoms with Gasteiger partial charge in [-0.15, -0.1) is 11.8 Å². The first-order valence-corrected chi connectivity index (χ1v) is 8.08. The minimum Gasteiger partial charge on any atom is -0.326 e. The number of nitrogens with one attached hydrogen (secondary N) is 2. The molecule has 0 spiro atoms. The minimum atomic E-state index is -0.961. The molecule has 0 heterocycles. The van der Waals surface area contributed by atoms with Gasteiger partial charge in [-0.1, -0.05) is 0 Å². The average molecular weight is 363 g/mol. The summed E-state index contributed by atoms with van der Waals surface area (Å²) in [5.74, 6) is -1.44. The number of amides is 2. The molecule has 2 aromatic carbocycles. The number of carbonyl (C=O) groups is 2. The number of rotatable bonds is 6. The molecule has 0 aliphatic carbocycles. The van der Waals surface area contributed by atoms with Crippen molar-refractivity contribution in [1.82, 2.24) is 0 Å². The molecule has 0 unspecified atom stereocenters. The highest BCUT2D eigenvalue weighted by atomic mass is 32.2. The van der Waals surface area contributed by atoms with Gasteiger partial charge in [0.2, 0.25) is 17.6 Å². The van der Waals surface area contributed by atoms with E-state index in [0.29, 0.717) is 5.69 Å². The molecule has 0 fully saturated rings. The lowest BCUT2D eigenvalue weighted by Gasteiger charge is -2.06. The van der Waals surface area contributed by atoms with Crippen molar-refractivity contribution in [3.8, 4) is 0 Å². The molecule has 2 amide bonds. The van der Waals surface area contributed by atoms with Crippen molar-refractivity contribution in [3.05, 3.63) is 58.4 Å². The Balaban J connectivity index is 1.91. The molecule has 7 nitrogen and oxygen atoms in total. The first-order valence-electron chi connectivity index (χ1n) is 7.09. The number of nitro groups is 1.